The monoisotopic (exact) mass is 398 g/mol. The Morgan fingerprint density at radius 3 is 2.31 bits per heavy atom. The molecule has 1 unspecified atom stereocenters. The van der Waals surface area contributed by atoms with E-state index in [0.717, 1.165) is 6.42 Å². The van der Waals surface area contributed by atoms with Crippen molar-refractivity contribution in [2.45, 2.75) is 31.7 Å². The predicted molar refractivity (Wildman–Crippen MR) is 97.5 cm³/mol. The van der Waals surface area contributed by atoms with E-state index in [0.29, 0.717) is 48.0 Å². The van der Waals surface area contributed by atoms with Gasteiger partial charge in [0.2, 0.25) is 5.91 Å². The van der Waals surface area contributed by atoms with Crippen molar-refractivity contribution >= 4 is 41.0 Å². The van der Waals surface area contributed by atoms with Crippen LogP contribution in [-0.2, 0) is 9.59 Å². The molecule has 1 N–H and O–H groups in total. The molecule has 26 heavy (non-hydrogen) atoms. The van der Waals surface area contributed by atoms with E-state index in [9.17, 15) is 19.5 Å². The fourth-order valence-electron chi connectivity index (χ4n) is 3.70. The second kappa shape index (κ2) is 7.84. The van der Waals surface area contributed by atoms with Gasteiger partial charge in [-0.3, -0.25) is 14.4 Å². The van der Waals surface area contributed by atoms with Crippen molar-refractivity contribution in [1.29, 1.82) is 0 Å². The third-order valence-electron chi connectivity index (χ3n) is 4.99. The highest BCUT2D eigenvalue weighted by Crippen LogP contribution is 2.27. The van der Waals surface area contributed by atoms with Crippen LogP contribution in [0.25, 0.3) is 0 Å². The number of halogens is 2. The number of amides is 2. The number of aliphatic carboxylic acids is 1. The molecule has 2 aliphatic heterocycles. The molecule has 0 radical (unpaired) electrons. The van der Waals surface area contributed by atoms with Gasteiger partial charge >= 0.3 is 5.97 Å². The van der Waals surface area contributed by atoms with Gasteiger partial charge in [0.1, 0.15) is 6.04 Å². The van der Waals surface area contributed by atoms with Crippen LogP contribution in [0, 0.1) is 5.92 Å². The van der Waals surface area contributed by atoms with Crippen molar-refractivity contribution in [3.63, 3.8) is 0 Å². The van der Waals surface area contributed by atoms with Gasteiger partial charge in [0.15, 0.2) is 0 Å². The molecule has 140 valence electrons. The van der Waals surface area contributed by atoms with Gasteiger partial charge in [-0.15, -0.1) is 0 Å². The lowest BCUT2D eigenvalue weighted by atomic mass is 9.97. The third-order valence-corrected chi connectivity index (χ3v) is 5.43. The number of hydrogen-bond donors (Lipinski definition) is 1. The summed E-state index contributed by atoms with van der Waals surface area (Å²) in [6.45, 7) is 1.22. The molecule has 3 rings (SSSR count). The summed E-state index contributed by atoms with van der Waals surface area (Å²) < 4.78 is 0. The molecule has 6 nitrogen and oxygen atoms in total. The average molecular weight is 399 g/mol. The first-order valence-electron chi connectivity index (χ1n) is 8.65. The van der Waals surface area contributed by atoms with Gasteiger partial charge in [0.25, 0.3) is 5.91 Å². The molecule has 0 spiro atoms. The van der Waals surface area contributed by atoms with Crippen LogP contribution in [0.15, 0.2) is 18.2 Å². The molecule has 2 fully saturated rings. The second-order valence-electron chi connectivity index (χ2n) is 6.78. The molecule has 0 saturated carbocycles. The first-order chi connectivity index (χ1) is 12.4. The summed E-state index contributed by atoms with van der Waals surface area (Å²) in [5, 5.41) is 9.94. The Hall–Kier alpha value is -1.79. The maximum Gasteiger partial charge on any atom is 0.308 e. The van der Waals surface area contributed by atoms with Gasteiger partial charge in [-0.25, -0.2) is 0 Å². The van der Waals surface area contributed by atoms with Crippen LogP contribution in [0.2, 0.25) is 10.0 Å². The zero-order valence-electron chi connectivity index (χ0n) is 14.2. The fraction of sp³-hybridized carbons (Fsp3) is 0.500. The van der Waals surface area contributed by atoms with Crippen LogP contribution < -0.4 is 0 Å². The first-order valence-corrected chi connectivity index (χ1v) is 9.41. The maximum absolute atomic E-state index is 12.9. The van der Waals surface area contributed by atoms with Crippen LogP contribution in [0.4, 0.5) is 0 Å². The van der Waals surface area contributed by atoms with Gasteiger partial charge in [0.05, 0.1) is 5.92 Å². The van der Waals surface area contributed by atoms with E-state index in [-0.39, 0.29) is 18.4 Å². The van der Waals surface area contributed by atoms with Crippen molar-refractivity contribution in [2.24, 2.45) is 5.92 Å². The van der Waals surface area contributed by atoms with Gasteiger partial charge in [-0.2, -0.15) is 0 Å². The predicted octanol–water partition coefficient (Wildman–Crippen LogP) is 2.92. The maximum atomic E-state index is 12.9. The van der Waals surface area contributed by atoms with E-state index in [1.54, 1.807) is 15.9 Å². The SMILES string of the molecule is O=C(O)[C@H]1CCCN(C(=O)C2CCCN2C(=O)c2cc(Cl)cc(Cl)c2)C1. The molecule has 1 aromatic carbocycles. The highest BCUT2D eigenvalue weighted by molar-refractivity contribution is 6.35. The van der Waals surface area contributed by atoms with Crippen molar-refractivity contribution < 1.29 is 19.5 Å². The minimum absolute atomic E-state index is 0.171. The van der Waals surface area contributed by atoms with E-state index < -0.39 is 17.9 Å². The van der Waals surface area contributed by atoms with Crippen LogP contribution >= 0.6 is 23.2 Å². The number of carboxylic acid groups (broad SMARTS) is 1. The first kappa shape index (κ1) is 19.0. The quantitative estimate of drug-likeness (QED) is 0.848. The molecule has 2 heterocycles. The summed E-state index contributed by atoms with van der Waals surface area (Å²) in [7, 11) is 0. The van der Waals surface area contributed by atoms with E-state index in [1.165, 1.54) is 12.1 Å². The Bertz CT molecular complexity index is 720. The summed E-state index contributed by atoms with van der Waals surface area (Å²) in [6, 6.07) is 4.06. The van der Waals surface area contributed by atoms with Crippen molar-refractivity contribution in [3.05, 3.63) is 33.8 Å². The highest BCUT2D eigenvalue weighted by Gasteiger charge is 2.39. The lowest BCUT2D eigenvalue weighted by Crippen LogP contribution is -2.51. The lowest BCUT2D eigenvalue weighted by molar-refractivity contribution is -0.146. The molecule has 1 aromatic rings. The lowest BCUT2D eigenvalue weighted by Gasteiger charge is -2.35. The topological polar surface area (TPSA) is 77.9 Å². The Balaban J connectivity index is 1.76. The fourth-order valence-corrected chi connectivity index (χ4v) is 4.23. The van der Waals surface area contributed by atoms with Gasteiger partial charge < -0.3 is 14.9 Å². The molecule has 0 aliphatic carbocycles. The second-order valence-corrected chi connectivity index (χ2v) is 7.65. The number of benzene rings is 1. The number of hydrogen-bond acceptors (Lipinski definition) is 3. The summed E-state index contributed by atoms with van der Waals surface area (Å²) in [6.07, 6.45) is 2.54. The molecular formula is C18H20Cl2N2O4. The minimum Gasteiger partial charge on any atom is -0.481 e. The largest absolute Gasteiger partial charge is 0.481 e. The smallest absolute Gasteiger partial charge is 0.308 e. The molecule has 2 aliphatic rings. The van der Waals surface area contributed by atoms with E-state index in [4.69, 9.17) is 23.2 Å². The Kier molecular flexibility index (Phi) is 5.73. The van der Waals surface area contributed by atoms with Crippen LogP contribution in [0.1, 0.15) is 36.0 Å². The molecule has 2 saturated heterocycles. The summed E-state index contributed by atoms with van der Waals surface area (Å²) >= 11 is 12.0. The molecule has 0 aromatic heterocycles. The standard InChI is InChI=1S/C18H20Cl2N2O4/c19-13-7-12(8-14(20)9-13)16(23)22-6-2-4-15(22)17(24)21-5-1-3-11(10-21)18(25)26/h7-9,11,15H,1-6,10H2,(H,25,26)/t11-,15?/m0/s1. The molecule has 2 atom stereocenters. The van der Waals surface area contributed by atoms with E-state index >= 15 is 0 Å². The third kappa shape index (κ3) is 3.96. The average Bonchev–Trinajstić information content (AvgIpc) is 3.09. The van der Waals surface area contributed by atoms with Crippen molar-refractivity contribution in [1.82, 2.24) is 9.80 Å². The Labute approximate surface area is 161 Å². The van der Waals surface area contributed by atoms with Gasteiger partial charge in [0, 0.05) is 35.2 Å². The summed E-state index contributed by atoms with van der Waals surface area (Å²) in [5.41, 5.74) is 0.351. The Morgan fingerprint density at radius 1 is 1.00 bits per heavy atom. The summed E-state index contributed by atoms with van der Waals surface area (Å²) in [4.78, 5) is 40.2. The number of carboxylic acids is 1. The molecule has 2 amide bonds. The zero-order chi connectivity index (χ0) is 18.8. The Morgan fingerprint density at radius 2 is 1.65 bits per heavy atom. The summed E-state index contributed by atoms with van der Waals surface area (Å²) in [5.74, 6) is -1.87. The minimum atomic E-state index is -0.879. The van der Waals surface area contributed by atoms with Crippen molar-refractivity contribution in [3.8, 4) is 0 Å². The van der Waals surface area contributed by atoms with Gasteiger partial charge in [-0.1, -0.05) is 23.2 Å². The van der Waals surface area contributed by atoms with Crippen molar-refractivity contribution in [2.75, 3.05) is 19.6 Å². The number of nitrogens with zero attached hydrogens (tertiary/aromatic N) is 2. The zero-order valence-corrected chi connectivity index (χ0v) is 15.7. The van der Waals surface area contributed by atoms with Crippen LogP contribution in [0.5, 0.6) is 0 Å². The van der Waals surface area contributed by atoms with E-state index in [1.807, 2.05) is 0 Å². The molecule has 0 bridgehead atoms. The van der Waals surface area contributed by atoms with Gasteiger partial charge in [-0.05, 0) is 43.9 Å². The number of likely N-dealkylation sites (tertiary alicyclic amines) is 2. The highest BCUT2D eigenvalue weighted by atomic mass is 35.5. The van der Waals surface area contributed by atoms with Crippen LogP contribution in [-0.4, -0.2) is 58.4 Å². The number of rotatable bonds is 3. The van der Waals surface area contributed by atoms with Crippen LogP contribution in [0.3, 0.4) is 0 Å². The number of piperidine rings is 1. The molecular weight excluding hydrogens is 379 g/mol. The van der Waals surface area contributed by atoms with E-state index in [2.05, 4.69) is 0 Å². The molecule has 8 heteroatoms. The number of carbonyl (C=O) groups excluding carboxylic acids is 2. The normalized spacial score (nSPS) is 23.2. The number of carbonyl (C=O) groups is 3.